The maximum atomic E-state index is 2.34. The molecule has 0 saturated heterocycles. The van der Waals surface area contributed by atoms with Gasteiger partial charge in [0.25, 0.3) is 0 Å². The van der Waals surface area contributed by atoms with Gasteiger partial charge in [-0.05, 0) is 25.2 Å². The zero-order valence-corrected chi connectivity index (χ0v) is 8.58. The van der Waals surface area contributed by atoms with Crippen LogP contribution in [0.3, 0.4) is 0 Å². The van der Waals surface area contributed by atoms with E-state index in [1.807, 2.05) is 0 Å². The average molecular weight is 176 g/mol. The molecule has 0 fully saturated rings. The summed E-state index contributed by atoms with van der Waals surface area (Å²) in [5, 5.41) is 0. The van der Waals surface area contributed by atoms with Crippen molar-refractivity contribution >= 4 is 0 Å². The van der Waals surface area contributed by atoms with Gasteiger partial charge in [-0.15, -0.1) is 0 Å². The molecular formula is C13H20. The zero-order chi connectivity index (χ0) is 9.36. The average Bonchev–Trinajstić information content (AvgIpc) is 2.19. The molecule has 72 valence electrons. The Morgan fingerprint density at radius 2 is 2.23 bits per heavy atom. The minimum atomic E-state index is 0.753. The highest BCUT2D eigenvalue weighted by molar-refractivity contribution is 5.11. The van der Waals surface area contributed by atoms with E-state index in [1.165, 1.54) is 32.1 Å². The van der Waals surface area contributed by atoms with Crippen LogP contribution in [0, 0.1) is 5.92 Å². The van der Waals surface area contributed by atoms with Crippen LogP contribution in [0.1, 0.15) is 39.0 Å². The molecule has 0 nitrogen and oxygen atoms in total. The molecule has 0 saturated carbocycles. The van der Waals surface area contributed by atoms with E-state index in [0.29, 0.717) is 0 Å². The molecule has 0 aromatic rings. The molecule has 0 heterocycles. The minimum Gasteiger partial charge on any atom is -0.0885 e. The van der Waals surface area contributed by atoms with Crippen LogP contribution in [-0.4, -0.2) is 0 Å². The molecule has 0 N–H and O–H groups in total. The molecule has 1 unspecified atom stereocenters. The van der Waals surface area contributed by atoms with Crippen molar-refractivity contribution < 1.29 is 0 Å². The molecule has 1 aliphatic carbocycles. The van der Waals surface area contributed by atoms with Gasteiger partial charge in [0, 0.05) is 0 Å². The fourth-order valence-corrected chi connectivity index (χ4v) is 1.52. The molecule has 0 radical (unpaired) electrons. The number of unbranched alkanes of at least 4 members (excludes halogenated alkanes) is 2. The molecule has 0 heteroatoms. The van der Waals surface area contributed by atoms with Crippen LogP contribution >= 0.6 is 0 Å². The van der Waals surface area contributed by atoms with Crippen molar-refractivity contribution in [2.24, 2.45) is 5.92 Å². The van der Waals surface area contributed by atoms with Gasteiger partial charge < -0.3 is 0 Å². The Hall–Kier alpha value is -0.780. The number of rotatable bonds is 5. The summed E-state index contributed by atoms with van der Waals surface area (Å²) in [5.41, 5.74) is 0. The summed E-state index contributed by atoms with van der Waals surface area (Å²) in [6.07, 6.45) is 19.8. The zero-order valence-electron chi connectivity index (χ0n) is 8.58. The van der Waals surface area contributed by atoms with E-state index >= 15 is 0 Å². The van der Waals surface area contributed by atoms with Crippen molar-refractivity contribution in [1.82, 2.24) is 0 Å². The SMILES string of the molecule is CCCCC=CCC1C=CC=CC1. The molecule has 0 aliphatic heterocycles. The summed E-state index contributed by atoms with van der Waals surface area (Å²) in [7, 11) is 0. The normalized spacial score (nSPS) is 21.5. The summed E-state index contributed by atoms with van der Waals surface area (Å²) < 4.78 is 0. The first-order valence-electron chi connectivity index (χ1n) is 5.42. The first-order chi connectivity index (χ1) is 6.43. The van der Waals surface area contributed by atoms with Crippen LogP contribution in [0.5, 0.6) is 0 Å². The third-order valence-corrected chi connectivity index (χ3v) is 2.40. The Kier molecular flexibility index (Phi) is 5.31. The Labute approximate surface area is 82.0 Å². The summed E-state index contributed by atoms with van der Waals surface area (Å²) in [6, 6.07) is 0. The van der Waals surface area contributed by atoms with Gasteiger partial charge in [-0.3, -0.25) is 0 Å². The lowest BCUT2D eigenvalue weighted by Crippen LogP contribution is -1.94. The largest absolute Gasteiger partial charge is 0.0885 e. The Balaban J connectivity index is 2.08. The molecular weight excluding hydrogens is 156 g/mol. The molecule has 1 rings (SSSR count). The van der Waals surface area contributed by atoms with Crippen LogP contribution in [-0.2, 0) is 0 Å². The van der Waals surface area contributed by atoms with Crippen LogP contribution < -0.4 is 0 Å². The smallest absolute Gasteiger partial charge is 0.0161 e. The van der Waals surface area contributed by atoms with Gasteiger partial charge in [0.2, 0.25) is 0 Å². The van der Waals surface area contributed by atoms with Gasteiger partial charge in [0.15, 0.2) is 0 Å². The quantitative estimate of drug-likeness (QED) is 0.434. The maximum absolute atomic E-state index is 2.34. The summed E-state index contributed by atoms with van der Waals surface area (Å²) >= 11 is 0. The summed E-state index contributed by atoms with van der Waals surface area (Å²) in [6.45, 7) is 2.24. The molecule has 0 aromatic carbocycles. The van der Waals surface area contributed by atoms with E-state index in [4.69, 9.17) is 0 Å². The van der Waals surface area contributed by atoms with Crippen molar-refractivity contribution in [1.29, 1.82) is 0 Å². The fourth-order valence-electron chi connectivity index (χ4n) is 1.52. The molecule has 1 aliphatic rings. The van der Waals surface area contributed by atoms with Crippen molar-refractivity contribution in [3.8, 4) is 0 Å². The van der Waals surface area contributed by atoms with Gasteiger partial charge in [0.1, 0.15) is 0 Å². The van der Waals surface area contributed by atoms with Crippen LogP contribution in [0.15, 0.2) is 36.5 Å². The third kappa shape index (κ3) is 4.72. The summed E-state index contributed by atoms with van der Waals surface area (Å²) in [5.74, 6) is 0.753. The van der Waals surface area contributed by atoms with Gasteiger partial charge in [-0.2, -0.15) is 0 Å². The highest BCUT2D eigenvalue weighted by Gasteiger charge is 2.01. The standard InChI is InChI=1S/C13H20/c1-2-3-4-5-7-10-13-11-8-6-9-12-13/h5-9,11,13H,2-4,10,12H2,1H3. The lowest BCUT2D eigenvalue weighted by atomic mass is 9.97. The fraction of sp³-hybridized carbons (Fsp3) is 0.538. The molecule has 0 spiro atoms. The number of allylic oxidation sites excluding steroid dienone is 6. The predicted octanol–water partition coefficient (Wildman–Crippen LogP) is 4.26. The summed E-state index contributed by atoms with van der Waals surface area (Å²) in [4.78, 5) is 0. The number of hydrogen-bond acceptors (Lipinski definition) is 0. The van der Waals surface area contributed by atoms with E-state index in [0.717, 1.165) is 5.92 Å². The highest BCUT2D eigenvalue weighted by Crippen LogP contribution is 2.15. The monoisotopic (exact) mass is 176 g/mol. The molecule has 13 heavy (non-hydrogen) atoms. The van der Waals surface area contributed by atoms with Gasteiger partial charge in [-0.25, -0.2) is 0 Å². The maximum Gasteiger partial charge on any atom is -0.0161 e. The van der Waals surface area contributed by atoms with Gasteiger partial charge >= 0.3 is 0 Å². The molecule has 1 atom stereocenters. The van der Waals surface area contributed by atoms with Crippen molar-refractivity contribution in [2.75, 3.05) is 0 Å². The molecule has 0 aromatic heterocycles. The van der Waals surface area contributed by atoms with Crippen LogP contribution in [0.25, 0.3) is 0 Å². The van der Waals surface area contributed by atoms with E-state index in [9.17, 15) is 0 Å². The lowest BCUT2D eigenvalue weighted by molar-refractivity contribution is 0.666. The molecule has 0 amide bonds. The van der Waals surface area contributed by atoms with E-state index < -0.39 is 0 Å². The number of hydrogen-bond donors (Lipinski definition) is 0. The second-order valence-corrected chi connectivity index (χ2v) is 3.66. The topological polar surface area (TPSA) is 0 Å². The van der Waals surface area contributed by atoms with Crippen LogP contribution in [0.4, 0.5) is 0 Å². The highest BCUT2D eigenvalue weighted by atomic mass is 14.1. The molecule has 0 bridgehead atoms. The Bertz CT molecular complexity index is 196. The van der Waals surface area contributed by atoms with Crippen LogP contribution in [0.2, 0.25) is 0 Å². The Morgan fingerprint density at radius 1 is 1.31 bits per heavy atom. The third-order valence-electron chi connectivity index (χ3n) is 2.40. The van der Waals surface area contributed by atoms with E-state index in [1.54, 1.807) is 0 Å². The Morgan fingerprint density at radius 3 is 2.92 bits per heavy atom. The van der Waals surface area contributed by atoms with Gasteiger partial charge in [-0.1, -0.05) is 56.2 Å². The van der Waals surface area contributed by atoms with Gasteiger partial charge in [0.05, 0.1) is 0 Å². The first-order valence-corrected chi connectivity index (χ1v) is 5.42. The van der Waals surface area contributed by atoms with Crippen molar-refractivity contribution in [2.45, 2.75) is 39.0 Å². The second-order valence-electron chi connectivity index (χ2n) is 3.66. The predicted molar refractivity (Wildman–Crippen MR) is 59.7 cm³/mol. The first kappa shape index (κ1) is 10.3. The van der Waals surface area contributed by atoms with Crippen molar-refractivity contribution in [3.63, 3.8) is 0 Å². The minimum absolute atomic E-state index is 0.753. The van der Waals surface area contributed by atoms with E-state index in [2.05, 4.69) is 43.4 Å². The van der Waals surface area contributed by atoms with Crippen molar-refractivity contribution in [3.05, 3.63) is 36.5 Å². The van der Waals surface area contributed by atoms with E-state index in [-0.39, 0.29) is 0 Å². The lowest BCUT2D eigenvalue weighted by Gasteiger charge is -2.09. The second kappa shape index (κ2) is 6.71.